The number of hydrogen-bond donors (Lipinski definition) is 1. The summed E-state index contributed by atoms with van der Waals surface area (Å²) in [6, 6.07) is 8.39. The van der Waals surface area contributed by atoms with Crippen LogP contribution in [0, 0.1) is 0 Å². The van der Waals surface area contributed by atoms with Crippen molar-refractivity contribution in [1.29, 1.82) is 0 Å². The number of methoxy groups -OCH3 is 1. The third-order valence-electron chi connectivity index (χ3n) is 7.03. The lowest BCUT2D eigenvalue weighted by Gasteiger charge is -2.33. The standard InChI is InChI=1S/C25H31N7O2/c1-30(18-7-4-8-18)12-5-10-21(33)31-13-11-19(15-31)32-25-22(24(26)27-16-28-25)23(29-32)17-6-3-9-20(14-17)34-2/h3,5-6,9-10,14,16,18-19H,4,7-8,11-13,15H2,1-2H3,(H2,26,27,28)/t19-/m1/s1. The molecule has 1 aromatic carbocycles. The van der Waals surface area contributed by atoms with Crippen LogP contribution in [0.4, 0.5) is 5.82 Å². The molecule has 0 spiro atoms. The molecule has 1 aliphatic carbocycles. The number of anilines is 1. The van der Waals surface area contributed by atoms with Gasteiger partial charge in [-0.3, -0.25) is 9.69 Å². The number of benzene rings is 1. The number of aromatic nitrogens is 4. The van der Waals surface area contributed by atoms with E-state index in [0.717, 1.165) is 35.4 Å². The third-order valence-corrected chi connectivity index (χ3v) is 7.03. The van der Waals surface area contributed by atoms with Crippen LogP contribution in [0.1, 0.15) is 31.7 Å². The highest BCUT2D eigenvalue weighted by Gasteiger charge is 2.30. The molecule has 178 valence electrons. The molecule has 1 amide bonds. The summed E-state index contributed by atoms with van der Waals surface area (Å²) in [6.45, 7) is 2.07. The van der Waals surface area contributed by atoms with Gasteiger partial charge in [0.05, 0.1) is 18.5 Å². The van der Waals surface area contributed by atoms with E-state index in [-0.39, 0.29) is 11.9 Å². The molecular formula is C25H31N7O2. The number of likely N-dealkylation sites (N-methyl/N-ethyl adjacent to an activating group) is 1. The van der Waals surface area contributed by atoms with Crippen molar-refractivity contribution in [3.05, 3.63) is 42.7 Å². The second-order valence-corrected chi connectivity index (χ2v) is 9.14. The number of rotatable bonds is 7. The maximum absolute atomic E-state index is 12.8. The van der Waals surface area contributed by atoms with Crippen LogP contribution in [0.2, 0.25) is 0 Å². The van der Waals surface area contributed by atoms with Crippen molar-refractivity contribution in [2.24, 2.45) is 0 Å². The summed E-state index contributed by atoms with van der Waals surface area (Å²) < 4.78 is 7.29. The predicted octanol–water partition coefficient (Wildman–Crippen LogP) is 2.90. The van der Waals surface area contributed by atoms with Gasteiger partial charge in [-0.1, -0.05) is 24.6 Å². The lowest BCUT2D eigenvalue weighted by atomic mass is 9.92. The predicted molar refractivity (Wildman–Crippen MR) is 131 cm³/mol. The molecule has 2 aliphatic rings. The van der Waals surface area contributed by atoms with Crippen LogP contribution in [0.15, 0.2) is 42.7 Å². The molecule has 1 saturated carbocycles. The number of carbonyl (C=O) groups is 1. The van der Waals surface area contributed by atoms with E-state index in [1.807, 2.05) is 39.9 Å². The highest BCUT2D eigenvalue weighted by Crippen LogP contribution is 2.35. The summed E-state index contributed by atoms with van der Waals surface area (Å²) in [6.07, 6.45) is 9.79. The number of nitrogen functional groups attached to an aromatic ring is 1. The van der Waals surface area contributed by atoms with Gasteiger partial charge < -0.3 is 15.4 Å². The zero-order chi connectivity index (χ0) is 23.7. The summed E-state index contributed by atoms with van der Waals surface area (Å²) in [5.41, 5.74) is 8.54. The molecule has 0 bridgehead atoms. The number of nitrogens with zero attached hydrogens (tertiary/aromatic N) is 6. The zero-order valence-electron chi connectivity index (χ0n) is 19.7. The van der Waals surface area contributed by atoms with Crippen molar-refractivity contribution in [3.63, 3.8) is 0 Å². The van der Waals surface area contributed by atoms with E-state index in [1.165, 1.54) is 25.6 Å². The van der Waals surface area contributed by atoms with Gasteiger partial charge in [0.2, 0.25) is 5.91 Å². The first-order chi connectivity index (χ1) is 16.5. The van der Waals surface area contributed by atoms with Crippen molar-refractivity contribution in [1.82, 2.24) is 29.5 Å². The number of nitrogens with two attached hydrogens (primary N) is 1. The normalized spacial score (nSPS) is 18.8. The van der Waals surface area contributed by atoms with Gasteiger partial charge >= 0.3 is 0 Å². The molecule has 3 aromatic rings. The second kappa shape index (κ2) is 9.42. The molecule has 9 heteroatoms. The molecule has 0 radical (unpaired) electrons. The topological polar surface area (TPSA) is 102 Å². The van der Waals surface area contributed by atoms with E-state index in [1.54, 1.807) is 13.2 Å². The molecule has 2 N–H and O–H groups in total. The average Bonchev–Trinajstić information content (AvgIpc) is 3.44. The van der Waals surface area contributed by atoms with Gasteiger partial charge in [-0.2, -0.15) is 5.10 Å². The Bertz CT molecular complexity index is 1220. The van der Waals surface area contributed by atoms with E-state index in [0.29, 0.717) is 30.6 Å². The highest BCUT2D eigenvalue weighted by molar-refractivity contribution is 5.98. The van der Waals surface area contributed by atoms with Gasteiger partial charge in [-0.05, 0) is 38.4 Å². The summed E-state index contributed by atoms with van der Waals surface area (Å²) >= 11 is 0. The molecule has 34 heavy (non-hydrogen) atoms. The van der Waals surface area contributed by atoms with Crippen molar-refractivity contribution >= 4 is 22.8 Å². The van der Waals surface area contributed by atoms with Crippen molar-refractivity contribution in [3.8, 4) is 17.0 Å². The maximum atomic E-state index is 12.8. The van der Waals surface area contributed by atoms with Crippen molar-refractivity contribution in [2.45, 2.75) is 37.8 Å². The van der Waals surface area contributed by atoms with E-state index >= 15 is 0 Å². The Balaban J connectivity index is 1.35. The second-order valence-electron chi connectivity index (χ2n) is 9.14. The first kappa shape index (κ1) is 22.3. The quantitative estimate of drug-likeness (QED) is 0.540. The number of fused-ring (bicyclic) bond motifs is 1. The Morgan fingerprint density at radius 1 is 1.29 bits per heavy atom. The highest BCUT2D eigenvalue weighted by atomic mass is 16.5. The number of likely N-dealkylation sites (tertiary alicyclic amines) is 1. The zero-order valence-corrected chi connectivity index (χ0v) is 19.7. The van der Waals surface area contributed by atoms with Crippen LogP contribution >= 0.6 is 0 Å². The monoisotopic (exact) mass is 461 g/mol. The number of hydrogen-bond acceptors (Lipinski definition) is 7. The van der Waals surface area contributed by atoms with Crippen molar-refractivity contribution < 1.29 is 9.53 Å². The van der Waals surface area contributed by atoms with Gasteiger partial charge in [0.15, 0.2) is 5.65 Å². The fourth-order valence-electron chi connectivity index (χ4n) is 4.77. The van der Waals surface area contributed by atoms with Gasteiger partial charge in [0, 0.05) is 37.3 Å². The van der Waals surface area contributed by atoms with E-state index in [2.05, 4.69) is 21.9 Å². The Kier molecular flexibility index (Phi) is 6.19. The lowest BCUT2D eigenvalue weighted by Crippen LogP contribution is -2.37. The summed E-state index contributed by atoms with van der Waals surface area (Å²) in [5, 5.41) is 5.63. The molecule has 5 rings (SSSR count). The van der Waals surface area contributed by atoms with Gasteiger partial charge in [0.1, 0.15) is 23.6 Å². The summed E-state index contributed by atoms with van der Waals surface area (Å²) in [5.74, 6) is 1.17. The molecule has 2 aromatic heterocycles. The maximum Gasteiger partial charge on any atom is 0.246 e. The fraction of sp³-hybridized carbons (Fsp3) is 0.440. The smallest absolute Gasteiger partial charge is 0.246 e. The molecule has 2 fully saturated rings. The lowest BCUT2D eigenvalue weighted by molar-refractivity contribution is -0.125. The summed E-state index contributed by atoms with van der Waals surface area (Å²) in [7, 11) is 3.76. The van der Waals surface area contributed by atoms with Gasteiger partial charge in [0.25, 0.3) is 0 Å². The Hall–Kier alpha value is -3.46. The average molecular weight is 462 g/mol. The number of amides is 1. The van der Waals surface area contributed by atoms with Gasteiger partial charge in [-0.25, -0.2) is 14.6 Å². The number of carbonyl (C=O) groups excluding carboxylic acids is 1. The Labute approximate surface area is 199 Å². The molecule has 1 atom stereocenters. The van der Waals surface area contributed by atoms with Crippen molar-refractivity contribution in [2.75, 3.05) is 39.5 Å². The Morgan fingerprint density at radius 3 is 2.91 bits per heavy atom. The van der Waals surface area contributed by atoms with Crippen LogP contribution < -0.4 is 10.5 Å². The minimum absolute atomic E-state index is 0.0196. The van der Waals surface area contributed by atoms with Crippen LogP contribution in [-0.4, -0.2) is 75.3 Å². The van der Waals surface area contributed by atoms with Gasteiger partial charge in [-0.15, -0.1) is 0 Å². The first-order valence-corrected chi connectivity index (χ1v) is 11.8. The van der Waals surface area contributed by atoms with E-state index in [9.17, 15) is 4.79 Å². The molecule has 3 heterocycles. The first-order valence-electron chi connectivity index (χ1n) is 11.8. The number of ether oxygens (including phenoxy) is 1. The summed E-state index contributed by atoms with van der Waals surface area (Å²) in [4.78, 5) is 25.7. The van der Waals surface area contributed by atoms with Crippen LogP contribution in [-0.2, 0) is 4.79 Å². The molecular weight excluding hydrogens is 430 g/mol. The van der Waals surface area contributed by atoms with Crippen LogP contribution in [0.3, 0.4) is 0 Å². The molecule has 0 unspecified atom stereocenters. The Morgan fingerprint density at radius 2 is 2.15 bits per heavy atom. The molecule has 9 nitrogen and oxygen atoms in total. The minimum atomic E-state index is 0.0196. The molecule has 1 saturated heterocycles. The van der Waals surface area contributed by atoms with E-state index < -0.39 is 0 Å². The third kappa shape index (κ3) is 4.23. The fourth-order valence-corrected chi connectivity index (χ4v) is 4.77. The van der Waals surface area contributed by atoms with Crippen LogP contribution in [0.5, 0.6) is 5.75 Å². The largest absolute Gasteiger partial charge is 0.497 e. The minimum Gasteiger partial charge on any atom is -0.497 e. The molecule has 1 aliphatic heterocycles. The SMILES string of the molecule is COc1cccc(-c2nn([C@@H]3CCN(C(=O)C=CCN(C)C4CCC4)C3)c3ncnc(N)c23)c1. The van der Waals surface area contributed by atoms with Crippen LogP contribution in [0.25, 0.3) is 22.3 Å². The van der Waals surface area contributed by atoms with E-state index in [4.69, 9.17) is 15.6 Å².